The molecule has 1 atom stereocenters. The van der Waals surface area contributed by atoms with E-state index in [0.717, 1.165) is 31.2 Å². The van der Waals surface area contributed by atoms with Crippen LogP contribution < -0.4 is 5.32 Å². The van der Waals surface area contributed by atoms with Crippen molar-refractivity contribution in [2.24, 2.45) is 0 Å². The van der Waals surface area contributed by atoms with Crippen LogP contribution in [0, 0.1) is 0 Å². The smallest absolute Gasteiger partial charge is 0.243 e. The van der Waals surface area contributed by atoms with Crippen molar-refractivity contribution in [2.75, 3.05) is 0 Å². The molecule has 0 aromatic heterocycles. The maximum Gasteiger partial charge on any atom is 0.243 e. The second-order valence-electron chi connectivity index (χ2n) is 8.08. The number of hydrogen-bond acceptors (Lipinski definition) is 2. The number of benzene rings is 2. The lowest BCUT2D eigenvalue weighted by molar-refractivity contribution is -0.141. The summed E-state index contributed by atoms with van der Waals surface area (Å²) in [5, 5.41) is 5.00. The molecule has 1 fully saturated rings. The Morgan fingerprint density at radius 1 is 0.969 bits per heavy atom. The van der Waals surface area contributed by atoms with Crippen molar-refractivity contribution in [3.8, 4) is 0 Å². The van der Waals surface area contributed by atoms with Crippen LogP contribution in [0.2, 0.25) is 20.1 Å². The van der Waals surface area contributed by atoms with Crippen LogP contribution in [0.15, 0.2) is 36.4 Å². The summed E-state index contributed by atoms with van der Waals surface area (Å²) in [6.45, 7) is 2.09. The van der Waals surface area contributed by atoms with E-state index in [1.165, 1.54) is 0 Å². The van der Waals surface area contributed by atoms with Crippen molar-refractivity contribution in [1.29, 1.82) is 0 Å². The molecule has 0 heterocycles. The Morgan fingerprint density at radius 2 is 1.53 bits per heavy atom. The highest BCUT2D eigenvalue weighted by molar-refractivity contribution is 6.35. The summed E-state index contributed by atoms with van der Waals surface area (Å²) in [7, 11) is 0. The zero-order chi connectivity index (χ0) is 23.3. The molecule has 3 rings (SSSR count). The molecular weight excluding hydrogens is 490 g/mol. The predicted molar refractivity (Wildman–Crippen MR) is 132 cm³/mol. The third-order valence-corrected chi connectivity index (χ3v) is 6.97. The summed E-state index contributed by atoms with van der Waals surface area (Å²) in [5.74, 6) is -0.353. The highest BCUT2D eigenvalue weighted by atomic mass is 35.5. The summed E-state index contributed by atoms with van der Waals surface area (Å²) in [4.78, 5) is 28.2. The molecular formula is C24H26Cl4N2O2. The summed E-state index contributed by atoms with van der Waals surface area (Å²) < 4.78 is 0. The average molecular weight is 516 g/mol. The molecule has 0 radical (unpaired) electrons. The fraction of sp³-hybridized carbons (Fsp3) is 0.417. The Labute approximate surface area is 209 Å². The van der Waals surface area contributed by atoms with Gasteiger partial charge in [-0.25, -0.2) is 0 Å². The number of hydrogen-bond donors (Lipinski definition) is 1. The Morgan fingerprint density at radius 3 is 2.06 bits per heavy atom. The number of rotatable bonds is 8. The fourth-order valence-corrected chi connectivity index (χ4v) is 4.99. The number of nitrogens with zero attached hydrogens (tertiary/aromatic N) is 1. The van der Waals surface area contributed by atoms with Crippen LogP contribution in [0.4, 0.5) is 0 Å². The summed E-state index contributed by atoms with van der Waals surface area (Å²) in [6, 6.07) is 9.71. The highest BCUT2D eigenvalue weighted by Crippen LogP contribution is 2.26. The van der Waals surface area contributed by atoms with Crippen LogP contribution in [0.25, 0.3) is 0 Å². The lowest BCUT2D eigenvalue weighted by Gasteiger charge is -2.32. The van der Waals surface area contributed by atoms with Gasteiger partial charge in [-0.05, 0) is 54.7 Å². The van der Waals surface area contributed by atoms with E-state index in [4.69, 9.17) is 46.4 Å². The minimum absolute atomic E-state index is 0.0500. The van der Waals surface area contributed by atoms with Crippen molar-refractivity contribution in [2.45, 2.75) is 64.1 Å². The number of carbonyl (C=O) groups is 2. The van der Waals surface area contributed by atoms with Gasteiger partial charge >= 0.3 is 0 Å². The van der Waals surface area contributed by atoms with E-state index in [1.54, 1.807) is 41.3 Å². The second kappa shape index (κ2) is 11.6. The van der Waals surface area contributed by atoms with Gasteiger partial charge in [-0.2, -0.15) is 0 Å². The van der Waals surface area contributed by atoms with Crippen LogP contribution in [-0.4, -0.2) is 28.8 Å². The Balaban J connectivity index is 1.87. The van der Waals surface area contributed by atoms with Gasteiger partial charge in [0.2, 0.25) is 11.8 Å². The van der Waals surface area contributed by atoms with Gasteiger partial charge in [0.05, 0.1) is 6.42 Å². The van der Waals surface area contributed by atoms with Gasteiger partial charge < -0.3 is 10.2 Å². The molecule has 2 aromatic rings. The molecule has 1 unspecified atom stereocenters. The van der Waals surface area contributed by atoms with Crippen LogP contribution in [0.3, 0.4) is 0 Å². The molecule has 0 bridgehead atoms. The number of amides is 2. The van der Waals surface area contributed by atoms with Crippen molar-refractivity contribution in [3.05, 3.63) is 67.6 Å². The molecule has 4 nitrogen and oxygen atoms in total. The van der Waals surface area contributed by atoms with E-state index >= 15 is 0 Å². The summed E-state index contributed by atoms with van der Waals surface area (Å²) >= 11 is 24.7. The first-order chi connectivity index (χ1) is 15.3. The van der Waals surface area contributed by atoms with Crippen LogP contribution in [0.5, 0.6) is 0 Å². The van der Waals surface area contributed by atoms with E-state index in [2.05, 4.69) is 5.32 Å². The molecule has 1 saturated carbocycles. The minimum Gasteiger partial charge on any atom is -0.352 e. The van der Waals surface area contributed by atoms with Gasteiger partial charge in [-0.15, -0.1) is 0 Å². The molecule has 0 saturated heterocycles. The molecule has 1 aliphatic carbocycles. The van der Waals surface area contributed by atoms with Gasteiger partial charge in [0, 0.05) is 32.7 Å². The standard InChI is InChI=1S/C24H26Cl4N2O2/c1-2-22(24(32)29-19-5-3-4-6-19)30(14-16-8-10-18(26)13-21(16)28)23(31)11-15-7-9-17(25)12-20(15)27/h7-10,12-13,19,22H,2-6,11,14H2,1H3,(H,29,32). The van der Waals surface area contributed by atoms with E-state index in [0.29, 0.717) is 32.1 Å². The monoisotopic (exact) mass is 514 g/mol. The number of carbonyl (C=O) groups excluding carboxylic acids is 2. The lowest BCUT2D eigenvalue weighted by atomic mass is 10.1. The normalized spacial score (nSPS) is 14.9. The van der Waals surface area contributed by atoms with Crippen molar-refractivity contribution < 1.29 is 9.59 Å². The first-order valence-electron chi connectivity index (χ1n) is 10.8. The lowest BCUT2D eigenvalue weighted by Crippen LogP contribution is -2.51. The minimum atomic E-state index is -0.624. The van der Waals surface area contributed by atoms with Gasteiger partial charge in [0.1, 0.15) is 6.04 Å². The van der Waals surface area contributed by atoms with Crippen LogP contribution in [0.1, 0.15) is 50.2 Å². The largest absolute Gasteiger partial charge is 0.352 e. The topological polar surface area (TPSA) is 49.4 Å². The van der Waals surface area contributed by atoms with E-state index in [9.17, 15) is 9.59 Å². The molecule has 0 aliphatic heterocycles. The molecule has 0 spiro atoms. The molecule has 1 aliphatic rings. The van der Waals surface area contributed by atoms with Crippen LogP contribution >= 0.6 is 46.4 Å². The second-order valence-corrected chi connectivity index (χ2v) is 9.77. The summed E-state index contributed by atoms with van der Waals surface area (Å²) in [6.07, 6.45) is 4.69. The highest BCUT2D eigenvalue weighted by Gasteiger charge is 2.31. The van der Waals surface area contributed by atoms with E-state index in [-0.39, 0.29) is 30.8 Å². The SMILES string of the molecule is CCC(C(=O)NC1CCCC1)N(Cc1ccc(Cl)cc1Cl)C(=O)Cc1ccc(Cl)cc1Cl. The first kappa shape index (κ1) is 25.2. The van der Waals surface area contributed by atoms with Gasteiger partial charge in [0.25, 0.3) is 0 Å². The van der Waals surface area contributed by atoms with Gasteiger partial charge in [0.15, 0.2) is 0 Å². The van der Waals surface area contributed by atoms with E-state index < -0.39 is 6.04 Å². The number of nitrogens with one attached hydrogen (secondary N) is 1. The molecule has 1 N–H and O–H groups in total. The van der Waals surface area contributed by atoms with Gasteiger partial charge in [-0.3, -0.25) is 9.59 Å². The molecule has 8 heteroatoms. The Bertz CT molecular complexity index is 976. The molecule has 172 valence electrons. The van der Waals surface area contributed by atoms with Crippen LogP contribution in [-0.2, 0) is 22.6 Å². The Kier molecular flexibility index (Phi) is 9.13. The zero-order valence-corrected chi connectivity index (χ0v) is 20.9. The van der Waals surface area contributed by atoms with Crippen molar-refractivity contribution in [3.63, 3.8) is 0 Å². The average Bonchev–Trinajstić information content (AvgIpc) is 3.24. The third-order valence-electron chi connectivity index (χ3n) is 5.80. The Hall–Kier alpha value is -1.46. The quantitative estimate of drug-likeness (QED) is 0.424. The van der Waals surface area contributed by atoms with Crippen molar-refractivity contribution in [1.82, 2.24) is 10.2 Å². The summed E-state index contributed by atoms with van der Waals surface area (Å²) in [5.41, 5.74) is 1.37. The van der Waals surface area contributed by atoms with E-state index in [1.807, 2.05) is 6.92 Å². The molecule has 2 aromatic carbocycles. The number of halogens is 4. The maximum atomic E-state index is 13.5. The fourth-order valence-electron chi connectivity index (χ4n) is 4.05. The maximum absolute atomic E-state index is 13.5. The predicted octanol–water partition coefficient (Wildman–Crippen LogP) is 6.71. The van der Waals surface area contributed by atoms with Crippen molar-refractivity contribution >= 4 is 58.2 Å². The van der Waals surface area contributed by atoms with Gasteiger partial charge in [-0.1, -0.05) is 78.3 Å². The third kappa shape index (κ3) is 6.54. The zero-order valence-electron chi connectivity index (χ0n) is 17.8. The molecule has 2 amide bonds. The first-order valence-corrected chi connectivity index (χ1v) is 12.3. The molecule has 32 heavy (non-hydrogen) atoms.